The summed E-state index contributed by atoms with van der Waals surface area (Å²) in [6.07, 6.45) is -3.41. The molecule has 1 aromatic carbocycles. The number of carbonyl (C=O) groups is 2. The van der Waals surface area contributed by atoms with Gasteiger partial charge in [-0.25, -0.2) is 17.5 Å². The fourth-order valence-electron chi connectivity index (χ4n) is 3.12. The van der Waals surface area contributed by atoms with Gasteiger partial charge in [-0.3, -0.25) is 4.79 Å². The van der Waals surface area contributed by atoms with Crippen LogP contribution >= 0.6 is 0 Å². The van der Waals surface area contributed by atoms with Crippen LogP contribution < -0.4 is 5.32 Å². The lowest BCUT2D eigenvalue weighted by atomic mass is 10.1. The minimum Gasteiger partial charge on any atom is -0.459 e. The van der Waals surface area contributed by atoms with Crippen LogP contribution in [0, 0.1) is 0 Å². The Labute approximate surface area is 179 Å². The Kier molecular flexibility index (Phi) is 7.87. The van der Waals surface area contributed by atoms with Gasteiger partial charge in [-0.15, -0.1) is 0 Å². The molecule has 1 heterocycles. The highest BCUT2D eigenvalue weighted by atomic mass is 32.2. The number of amides is 1. The third-order valence-corrected chi connectivity index (χ3v) is 6.22. The largest absolute Gasteiger partial charge is 0.459 e. The second kappa shape index (κ2) is 9.82. The maximum atomic E-state index is 12.6. The minimum atomic E-state index is -4.44. The van der Waals surface area contributed by atoms with Gasteiger partial charge in [-0.2, -0.15) is 13.2 Å². The molecule has 7 nitrogen and oxygen atoms in total. The van der Waals surface area contributed by atoms with Crippen LogP contribution in [0.2, 0.25) is 0 Å². The van der Waals surface area contributed by atoms with Gasteiger partial charge in [0.25, 0.3) is 0 Å². The van der Waals surface area contributed by atoms with Crippen LogP contribution in [0.4, 0.5) is 13.2 Å². The number of alkyl halides is 3. The zero-order valence-electron chi connectivity index (χ0n) is 17.2. The SMILES string of the molecule is C=C(CC(=O)N[C@@H](C)c1ccc(C(F)(F)F)cc1)C(=O)OC1CCN(S(C)(=O)=O)CC1. The van der Waals surface area contributed by atoms with Crippen LogP contribution in [0.3, 0.4) is 0 Å². The van der Waals surface area contributed by atoms with Crippen molar-refractivity contribution in [3.05, 3.63) is 47.5 Å². The van der Waals surface area contributed by atoms with E-state index in [0.29, 0.717) is 18.4 Å². The molecule has 0 radical (unpaired) electrons. The molecule has 172 valence electrons. The van der Waals surface area contributed by atoms with Gasteiger partial charge in [-0.05, 0) is 37.5 Å². The Hall–Kier alpha value is -2.40. The number of benzene rings is 1. The molecule has 1 N–H and O–H groups in total. The first-order valence-electron chi connectivity index (χ1n) is 9.57. The van der Waals surface area contributed by atoms with Crippen molar-refractivity contribution < 1.29 is 35.9 Å². The van der Waals surface area contributed by atoms with Crippen molar-refractivity contribution in [3.8, 4) is 0 Å². The van der Waals surface area contributed by atoms with Crippen LogP contribution in [0.15, 0.2) is 36.4 Å². The standard InChI is InChI=1S/C20H25F3N2O5S/c1-13(19(27)30-17-8-10-25(11-9-17)31(3,28)29)12-18(26)24-14(2)15-4-6-16(7-5-15)20(21,22)23/h4-7,14,17H,1,8-12H2,2-3H3,(H,24,26)/t14-/m0/s1. The molecular weight excluding hydrogens is 437 g/mol. The zero-order chi connectivity index (χ0) is 23.4. The highest BCUT2D eigenvalue weighted by Crippen LogP contribution is 2.30. The molecule has 11 heteroatoms. The van der Waals surface area contributed by atoms with Gasteiger partial charge < -0.3 is 10.1 Å². The molecule has 2 rings (SSSR count). The monoisotopic (exact) mass is 462 g/mol. The summed E-state index contributed by atoms with van der Waals surface area (Å²) in [7, 11) is -3.29. The molecule has 0 saturated carbocycles. The molecule has 1 aromatic rings. The number of piperidine rings is 1. The molecule has 1 atom stereocenters. The van der Waals surface area contributed by atoms with Gasteiger partial charge in [0.15, 0.2) is 0 Å². The normalized spacial score (nSPS) is 17.1. The molecular formula is C20H25F3N2O5S. The molecule has 1 fully saturated rings. The average Bonchev–Trinajstić information content (AvgIpc) is 2.67. The Morgan fingerprint density at radius 1 is 1.23 bits per heavy atom. The first kappa shape index (κ1) is 24.9. The third kappa shape index (κ3) is 7.35. The van der Waals surface area contributed by atoms with Gasteiger partial charge in [0.05, 0.1) is 24.3 Å². The Balaban J connectivity index is 1.81. The maximum Gasteiger partial charge on any atom is 0.416 e. The molecule has 0 spiro atoms. The van der Waals surface area contributed by atoms with Crippen molar-refractivity contribution in [2.45, 2.75) is 44.5 Å². The van der Waals surface area contributed by atoms with Gasteiger partial charge in [0, 0.05) is 18.7 Å². The van der Waals surface area contributed by atoms with Crippen molar-refractivity contribution in [1.29, 1.82) is 0 Å². The fourth-order valence-corrected chi connectivity index (χ4v) is 3.99. The number of esters is 1. The number of hydrogen-bond acceptors (Lipinski definition) is 5. The summed E-state index contributed by atoms with van der Waals surface area (Å²) < 4.78 is 67.5. The van der Waals surface area contributed by atoms with E-state index >= 15 is 0 Å². The topological polar surface area (TPSA) is 92.8 Å². The molecule has 0 bridgehead atoms. The molecule has 1 saturated heterocycles. The molecule has 31 heavy (non-hydrogen) atoms. The molecule has 1 aliphatic rings. The molecule has 1 amide bonds. The Bertz CT molecular complexity index is 921. The summed E-state index contributed by atoms with van der Waals surface area (Å²) in [5.74, 6) is -1.27. The van der Waals surface area contributed by atoms with Gasteiger partial charge in [0.2, 0.25) is 15.9 Å². The predicted octanol–water partition coefficient (Wildman–Crippen LogP) is 2.80. The first-order chi connectivity index (χ1) is 14.3. The van der Waals surface area contributed by atoms with E-state index in [9.17, 15) is 31.2 Å². The van der Waals surface area contributed by atoms with E-state index in [1.165, 1.54) is 16.4 Å². The average molecular weight is 462 g/mol. The summed E-state index contributed by atoms with van der Waals surface area (Å²) in [4.78, 5) is 24.4. The van der Waals surface area contributed by atoms with Gasteiger partial charge in [-0.1, -0.05) is 18.7 Å². The number of hydrogen-bond donors (Lipinski definition) is 1. The van der Waals surface area contributed by atoms with Crippen molar-refractivity contribution in [2.24, 2.45) is 0 Å². The second-order valence-corrected chi connectivity index (χ2v) is 9.44. The smallest absolute Gasteiger partial charge is 0.416 e. The van der Waals surface area contributed by atoms with Crippen LogP contribution in [-0.2, 0) is 30.5 Å². The van der Waals surface area contributed by atoms with Crippen molar-refractivity contribution >= 4 is 21.9 Å². The summed E-state index contributed by atoms with van der Waals surface area (Å²) in [5.41, 5.74) is -0.372. The van der Waals surface area contributed by atoms with Crippen molar-refractivity contribution in [2.75, 3.05) is 19.3 Å². The molecule has 0 unspecified atom stereocenters. The fraction of sp³-hybridized carbons (Fsp3) is 0.500. The lowest BCUT2D eigenvalue weighted by molar-refractivity contribution is -0.146. The summed E-state index contributed by atoms with van der Waals surface area (Å²) in [6, 6.07) is 3.85. The van der Waals surface area contributed by atoms with Crippen LogP contribution in [0.25, 0.3) is 0 Å². The van der Waals surface area contributed by atoms with E-state index in [0.717, 1.165) is 18.4 Å². The Morgan fingerprint density at radius 3 is 2.26 bits per heavy atom. The van der Waals surface area contributed by atoms with E-state index in [4.69, 9.17) is 4.74 Å². The van der Waals surface area contributed by atoms with Crippen LogP contribution in [0.1, 0.15) is 43.4 Å². The summed E-state index contributed by atoms with van der Waals surface area (Å²) >= 11 is 0. The minimum absolute atomic E-state index is 0.0670. The van der Waals surface area contributed by atoms with Crippen LogP contribution in [-0.4, -0.2) is 50.0 Å². The highest BCUT2D eigenvalue weighted by Gasteiger charge is 2.30. The molecule has 1 aliphatic heterocycles. The second-order valence-electron chi connectivity index (χ2n) is 7.46. The molecule has 0 aliphatic carbocycles. The summed E-state index contributed by atoms with van der Waals surface area (Å²) in [5, 5.41) is 2.60. The lowest BCUT2D eigenvalue weighted by Crippen LogP contribution is -2.41. The number of carbonyl (C=O) groups excluding carboxylic acids is 2. The lowest BCUT2D eigenvalue weighted by Gasteiger charge is -2.30. The number of nitrogens with zero attached hydrogens (tertiary/aromatic N) is 1. The highest BCUT2D eigenvalue weighted by molar-refractivity contribution is 7.88. The number of ether oxygens (including phenoxy) is 1. The number of nitrogens with one attached hydrogen (secondary N) is 1. The van der Waals surface area contributed by atoms with E-state index in [-0.39, 0.29) is 25.1 Å². The van der Waals surface area contributed by atoms with Gasteiger partial charge >= 0.3 is 12.1 Å². The van der Waals surface area contributed by atoms with Crippen molar-refractivity contribution in [3.63, 3.8) is 0 Å². The third-order valence-electron chi connectivity index (χ3n) is 4.92. The number of halogens is 3. The van der Waals surface area contributed by atoms with E-state index in [1.54, 1.807) is 6.92 Å². The van der Waals surface area contributed by atoms with E-state index in [2.05, 4.69) is 11.9 Å². The maximum absolute atomic E-state index is 12.6. The number of sulfonamides is 1. The Morgan fingerprint density at radius 2 is 1.77 bits per heavy atom. The van der Waals surface area contributed by atoms with Crippen molar-refractivity contribution in [1.82, 2.24) is 9.62 Å². The zero-order valence-corrected chi connectivity index (χ0v) is 18.1. The van der Waals surface area contributed by atoms with E-state index < -0.39 is 45.8 Å². The van der Waals surface area contributed by atoms with Crippen LogP contribution in [0.5, 0.6) is 0 Å². The predicted molar refractivity (Wildman–Crippen MR) is 107 cm³/mol. The quantitative estimate of drug-likeness (QED) is 0.497. The van der Waals surface area contributed by atoms with Gasteiger partial charge in [0.1, 0.15) is 6.10 Å². The van der Waals surface area contributed by atoms with E-state index in [1.807, 2.05) is 0 Å². The number of rotatable bonds is 7. The first-order valence-corrected chi connectivity index (χ1v) is 11.4. The molecule has 0 aromatic heterocycles. The summed E-state index contributed by atoms with van der Waals surface area (Å²) in [6.45, 7) is 5.66.